The van der Waals surface area contributed by atoms with E-state index in [0.29, 0.717) is 27.0 Å². The van der Waals surface area contributed by atoms with Crippen molar-refractivity contribution in [2.45, 2.75) is 27.7 Å². The van der Waals surface area contributed by atoms with Crippen LogP contribution in [0.3, 0.4) is 0 Å². The molecule has 0 atom stereocenters. The lowest BCUT2D eigenvalue weighted by Gasteiger charge is -2.12. The Morgan fingerprint density at radius 1 is 1.00 bits per heavy atom. The Hall–Kier alpha value is -3.70. The molecule has 8 heteroatoms. The van der Waals surface area contributed by atoms with E-state index in [1.807, 2.05) is 39.0 Å². The number of urea groups is 1. The SMILES string of the molecule is Cc1cc(C)c(NC(=O)c2sc(NC(=O)Nc3cccc(C#N)c3)nc2C)c(C)c1. The minimum absolute atomic E-state index is 0.268. The molecule has 30 heavy (non-hydrogen) atoms. The fourth-order valence-corrected chi connectivity index (χ4v) is 3.99. The summed E-state index contributed by atoms with van der Waals surface area (Å²) >= 11 is 1.10. The summed E-state index contributed by atoms with van der Waals surface area (Å²) in [5.41, 5.74) is 5.35. The number of hydrogen-bond donors (Lipinski definition) is 3. The zero-order valence-electron chi connectivity index (χ0n) is 17.1. The van der Waals surface area contributed by atoms with E-state index in [2.05, 4.69) is 20.9 Å². The third-order valence-corrected chi connectivity index (χ3v) is 5.46. The van der Waals surface area contributed by atoms with Gasteiger partial charge in [0.05, 0.1) is 17.3 Å². The normalized spacial score (nSPS) is 10.2. The quantitative estimate of drug-likeness (QED) is 0.544. The van der Waals surface area contributed by atoms with E-state index < -0.39 is 6.03 Å². The van der Waals surface area contributed by atoms with Gasteiger partial charge in [0.2, 0.25) is 0 Å². The van der Waals surface area contributed by atoms with Gasteiger partial charge in [-0.15, -0.1) is 0 Å². The van der Waals surface area contributed by atoms with Crippen LogP contribution in [0.5, 0.6) is 0 Å². The number of aromatic nitrogens is 1. The van der Waals surface area contributed by atoms with Gasteiger partial charge in [-0.05, 0) is 57.0 Å². The van der Waals surface area contributed by atoms with Crippen LogP contribution >= 0.6 is 11.3 Å². The first kappa shape index (κ1) is 21.0. The summed E-state index contributed by atoms with van der Waals surface area (Å²) in [6.07, 6.45) is 0. The van der Waals surface area contributed by atoms with Gasteiger partial charge in [-0.25, -0.2) is 9.78 Å². The van der Waals surface area contributed by atoms with E-state index in [-0.39, 0.29) is 5.91 Å². The minimum Gasteiger partial charge on any atom is -0.321 e. The molecule has 0 radical (unpaired) electrons. The molecule has 3 rings (SSSR count). The maximum Gasteiger partial charge on any atom is 0.325 e. The summed E-state index contributed by atoms with van der Waals surface area (Å²) in [6.45, 7) is 7.64. The summed E-state index contributed by atoms with van der Waals surface area (Å²) in [6, 6.07) is 12.1. The van der Waals surface area contributed by atoms with Gasteiger partial charge in [-0.1, -0.05) is 35.1 Å². The van der Waals surface area contributed by atoms with E-state index in [4.69, 9.17) is 5.26 Å². The number of rotatable bonds is 4. The predicted octanol–water partition coefficient (Wildman–Crippen LogP) is 5.14. The number of carbonyl (C=O) groups excluding carboxylic acids is 2. The van der Waals surface area contributed by atoms with Gasteiger partial charge in [0, 0.05) is 11.4 Å². The average molecular weight is 420 g/mol. The summed E-state index contributed by atoms with van der Waals surface area (Å²) in [5.74, 6) is -0.268. The number of anilines is 3. The summed E-state index contributed by atoms with van der Waals surface area (Å²) in [7, 11) is 0. The number of thiazole rings is 1. The highest BCUT2D eigenvalue weighted by Crippen LogP contribution is 2.27. The monoisotopic (exact) mass is 419 g/mol. The Kier molecular flexibility index (Phi) is 6.14. The fraction of sp³-hybridized carbons (Fsp3) is 0.182. The molecule has 1 aromatic heterocycles. The average Bonchev–Trinajstić information content (AvgIpc) is 3.04. The molecule has 1 heterocycles. The maximum absolute atomic E-state index is 12.8. The van der Waals surface area contributed by atoms with Crippen LogP contribution in [-0.4, -0.2) is 16.9 Å². The number of carbonyl (C=O) groups is 2. The first-order valence-corrected chi connectivity index (χ1v) is 10.0. The van der Waals surface area contributed by atoms with Gasteiger partial charge in [0.1, 0.15) is 4.88 Å². The second-order valence-corrected chi connectivity index (χ2v) is 7.93. The molecule has 0 bridgehead atoms. The largest absolute Gasteiger partial charge is 0.325 e. The second kappa shape index (κ2) is 8.76. The topological polar surface area (TPSA) is 107 Å². The Morgan fingerprint density at radius 3 is 2.37 bits per heavy atom. The Bertz CT molecular complexity index is 1150. The Morgan fingerprint density at radius 2 is 1.70 bits per heavy atom. The summed E-state index contributed by atoms with van der Waals surface area (Å²) in [5, 5.41) is 17.5. The standard InChI is InChI=1S/C22H21N5O2S/c1-12-8-13(2)18(14(3)9-12)26-20(28)19-15(4)24-22(30-19)27-21(29)25-17-7-5-6-16(10-17)11-23/h5-10H,1-4H3,(H,26,28)(H2,24,25,27,29). The third kappa shape index (κ3) is 4.82. The van der Waals surface area contributed by atoms with Crippen molar-refractivity contribution < 1.29 is 9.59 Å². The molecule has 0 unspecified atom stereocenters. The van der Waals surface area contributed by atoms with E-state index in [9.17, 15) is 9.59 Å². The van der Waals surface area contributed by atoms with Gasteiger partial charge in [0.15, 0.2) is 5.13 Å². The lowest BCUT2D eigenvalue weighted by atomic mass is 10.1. The van der Waals surface area contributed by atoms with Crippen molar-refractivity contribution in [1.29, 1.82) is 5.26 Å². The lowest BCUT2D eigenvalue weighted by molar-refractivity contribution is 0.102. The molecule has 0 aliphatic heterocycles. The molecule has 0 aliphatic carbocycles. The first-order valence-electron chi connectivity index (χ1n) is 9.21. The predicted molar refractivity (Wildman–Crippen MR) is 119 cm³/mol. The maximum atomic E-state index is 12.8. The Labute approximate surface area is 178 Å². The summed E-state index contributed by atoms with van der Waals surface area (Å²) < 4.78 is 0. The van der Waals surface area contributed by atoms with Crippen molar-refractivity contribution in [1.82, 2.24) is 4.98 Å². The van der Waals surface area contributed by atoms with Crippen LogP contribution in [0.2, 0.25) is 0 Å². The molecule has 3 aromatic rings. The molecule has 0 saturated heterocycles. The van der Waals surface area contributed by atoms with Crippen LogP contribution in [0.4, 0.5) is 21.3 Å². The molecule has 3 amide bonds. The van der Waals surface area contributed by atoms with Crippen molar-refractivity contribution in [2.24, 2.45) is 0 Å². The van der Waals surface area contributed by atoms with Crippen LogP contribution in [-0.2, 0) is 0 Å². The zero-order chi connectivity index (χ0) is 21.8. The van der Waals surface area contributed by atoms with Gasteiger partial charge >= 0.3 is 6.03 Å². The number of nitrogens with one attached hydrogen (secondary N) is 3. The molecule has 2 aromatic carbocycles. The zero-order valence-corrected chi connectivity index (χ0v) is 17.9. The number of aryl methyl sites for hydroxylation is 4. The molecule has 0 fully saturated rings. The smallest absolute Gasteiger partial charge is 0.321 e. The fourth-order valence-electron chi connectivity index (χ4n) is 3.13. The molecule has 3 N–H and O–H groups in total. The number of nitrogens with zero attached hydrogens (tertiary/aromatic N) is 2. The van der Waals surface area contributed by atoms with Crippen LogP contribution in [0, 0.1) is 39.0 Å². The molecule has 152 valence electrons. The number of benzene rings is 2. The van der Waals surface area contributed by atoms with Gasteiger partial charge in [-0.3, -0.25) is 10.1 Å². The molecular weight excluding hydrogens is 398 g/mol. The van der Waals surface area contributed by atoms with Crippen LogP contribution in [0.15, 0.2) is 36.4 Å². The van der Waals surface area contributed by atoms with Crippen molar-refractivity contribution in [3.8, 4) is 6.07 Å². The molecule has 0 saturated carbocycles. The number of hydrogen-bond acceptors (Lipinski definition) is 5. The van der Waals surface area contributed by atoms with Crippen molar-refractivity contribution in [2.75, 3.05) is 16.0 Å². The van der Waals surface area contributed by atoms with Gasteiger partial charge in [0.25, 0.3) is 5.91 Å². The Balaban J connectivity index is 1.71. The number of amides is 3. The van der Waals surface area contributed by atoms with Crippen molar-refractivity contribution in [3.63, 3.8) is 0 Å². The highest BCUT2D eigenvalue weighted by molar-refractivity contribution is 7.17. The van der Waals surface area contributed by atoms with E-state index in [0.717, 1.165) is 33.7 Å². The van der Waals surface area contributed by atoms with E-state index in [1.165, 1.54) is 0 Å². The molecule has 7 nitrogen and oxygen atoms in total. The second-order valence-electron chi connectivity index (χ2n) is 6.93. The molecule has 0 aliphatic rings. The van der Waals surface area contributed by atoms with Gasteiger partial charge < -0.3 is 10.6 Å². The highest BCUT2D eigenvalue weighted by atomic mass is 32.1. The van der Waals surface area contributed by atoms with Crippen LogP contribution < -0.4 is 16.0 Å². The molecular formula is C22H21N5O2S. The minimum atomic E-state index is -0.504. The first-order chi connectivity index (χ1) is 14.3. The summed E-state index contributed by atoms with van der Waals surface area (Å²) in [4.78, 5) is 29.7. The van der Waals surface area contributed by atoms with Gasteiger partial charge in [-0.2, -0.15) is 5.26 Å². The van der Waals surface area contributed by atoms with E-state index in [1.54, 1.807) is 31.2 Å². The number of nitriles is 1. The van der Waals surface area contributed by atoms with E-state index >= 15 is 0 Å². The van der Waals surface area contributed by atoms with Crippen LogP contribution in [0.1, 0.15) is 37.6 Å². The molecule has 0 spiro atoms. The lowest BCUT2D eigenvalue weighted by Crippen LogP contribution is -2.19. The third-order valence-electron chi connectivity index (χ3n) is 4.39. The highest BCUT2D eigenvalue weighted by Gasteiger charge is 2.18. The van der Waals surface area contributed by atoms with Crippen LogP contribution in [0.25, 0.3) is 0 Å². The van der Waals surface area contributed by atoms with Crippen molar-refractivity contribution >= 4 is 39.8 Å². The van der Waals surface area contributed by atoms with Crippen molar-refractivity contribution in [3.05, 3.63) is 69.2 Å².